The van der Waals surface area contributed by atoms with Crippen LogP contribution >= 0.6 is 15.9 Å². The molecule has 2 rings (SSSR count). The van der Waals surface area contributed by atoms with Gasteiger partial charge in [-0.3, -0.25) is 0 Å². The molecule has 0 bridgehead atoms. The molecule has 2 aromatic rings. The number of hydrogen-bond acceptors (Lipinski definition) is 1. The van der Waals surface area contributed by atoms with Gasteiger partial charge in [0.05, 0.1) is 0 Å². The minimum Gasteiger partial charge on any atom is -0.356 e. The van der Waals surface area contributed by atoms with Gasteiger partial charge in [-0.25, -0.2) is 4.39 Å². The summed E-state index contributed by atoms with van der Waals surface area (Å²) in [6.45, 7) is 4.93. The summed E-state index contributed by atoms with van der Waals surface area (Å²) < 4.78 is 14.0. The van der Waals surface area contributed by atoms with Crippen LogP contribution in [-0.2, 0) is 6.54 Å². The van der Waals surface area contributed by atoms with Gasteiger partial charge < -0.3 is 10.3 Å². The zero-order valence-electron chi connectivity index (χ0n) is 9.27. The third-order valence-corrected chi connectivity index (χ3v) is 3.36. The van der Waals surface area contributed by atoms with Crippen molar-refractivity contribution in [2.24, 2.45) is 0 Å². The monoisotopic (exact) mass is 284 g/mol. The summed E-state index contributed by atoms with van der Waals surface area (Å²) in [6.07, 6.45) is 0. The molecule has 0 aliphatic carbocycles. The molecule has 0 aliphatic rings. The first-order valence-electron chi connectivity index (χ1n) is 5.27. The van der Waals surface area contributed by atoms with Gasteiger partial charge in [-0.1, -0.05) is 13.8 Å². The number of fused-ring (bicyclic) bond motifs is 1. The van der Waals surface area contributed by atoms with Crippen molar-refractivity contribution in [1.82, 2.24) is 10.3 Å². The number of rotatable bonds is 3. The standard InChI is InChI=1S/C12H14BrFN2/c1-7(2)15-6-11-12(13)9-5-8(14)3-4-10(9)16-11/h3-5,7,15-16H,6H2,1-2H3. The Kier molecular flexibility index (Phi) is 3.30. The lowest BCUT2D eigenvalue weighted by atomic mass is 10.2. The van der Waals surface area contributed by atoms with Crippen LogP contribution in [0.4, 0.5) is 4.39 Å². The van der Waals surface area contributed by atoms with E-state index in [4.69, 9.17) is 0 Å². The number of benzene rings is 1. The van der Waals surface area contributed by atoms with Crippen LogP contribution in [0.1, 0.15) is 19.5 Å². The van der Waals surface area contributed by atoms with E-state index in [1.807, 2.05) is 0 Å². The Balaban J connectivity index is 2.36. The number of halogens is 2. The summed E-state index contributed by atoms with van der Waals surface area (Å²) in [7, 11) is 0. The summed E-state index contributed by atoms with van der Waals surface area (Å²) in [5, 5.41) is 4.21. The first-order valence-corrected chi connectivity index (χ1v) is 6.06. The van der Waals surface area contributed by atoms with Crippen LogP contribution in [0.5, 0.6) is 0 Å². The molecule has 2 N–H and O–H groups in total. The molecule has 1 aromatic heterocycles. The van der Waals surface area contributed by atoms with E-state index in [0.717, 1.165) is 27.6 Å². The van der Waals surface area contributed by atoms with Crippen molar-refractivity contribution < 1.29 is 4.39 Å². The molecule has 0 aliphatic heterocycles. The van der Waals surface area contributed by atoms with Gasteiger partial charge in [-0.15, -0.1) is 0 Å². The predicted octanol–water partition coefficient (Wildman–Crippen LogP) is 3.57. The maximum Gasteiger partial charge on any atom is 0.123 e. The average molecular weight is 285 g/mol. The molecule has 0 unspecified atom stereocenters. The smallest absolute Gasteiger partial charge is 0.123 e. The van der Waals surface area contributed by atoms with Crippen molar-refractivity contribution in [3.05, 3.63) is 34.2 Å². The van der Waals surface area contributed by atoms with Gasteiger partial charge in [0.2, 0.25) is 0 Å². The van der Waals surface area contributed by atoms with Crippen LogP contribution in [0.2, 0.25) is 0 Å². The summed E-state index contributed by atoms with van der Waals surface area (Å²) in [5.74, 6) is -0.212. The first kappa shape index (κ1) is 11.6. The van der Waals surface area contributed by atoms with Crippen LogP contribution < -0.4 is 5.32 Å². The number of hydrogen-bond donors (Lipinski definition) is 2. The van der Waals surface area contributed by atoms with E-state index >= 15 is 0 Å². The lowest BCUT2D eigenvalue weighted by Crippen LogP contribution is -2.22. The molecule has 0 saturated heterocycles. The first-order chi connectivity index (χ1) is 7.58. The summed E-state index contributed by atoms with van der Waals surface area (Å²) in [4.78, 5) is 3.27. The molecule has 0 radical (unpaired) electrons. The van der Waals surface area contributed by atoms with Gasteiger partial charge in [0.15, 0.2) is 0 Å². The van der Waals surface area contributed by atoms with Crippen LogP contribution in [-0.4, -0.2) is 11.0 Å². The van der Waals surface area contributed by atoms with E-state index in [1.165, 1.54) is 12.1 Å². The van der Waals surface area contributed by atoms with E-state index in [0.29, 0.717) is 6.04 Å². The Bertz CT molecular complexity index is 505. The molecule has 1 heterocycles. The van der Waals surface area contributed by atoms with E-state index in [1.54, 1.807) is 6.07 Å². The Hall–Kier alpha value is -0.870. The number of aromatic amines is 1. The van der Waals surface area contributed by atoms with Crippen LogP contribution in [0.3, 0.4) is 0 Å². The third-order valence-electron chi connectivity index (χ3n) is 2.46. The number of aromatic nitrogens is 1. The minimum atomic E-state index is -0.212. The maximum absolute atomic E-state index is 13.1. The largest absolute Gasteiger partial charge is 0.356 e. The Morgan fingerprint density at radius 3 is 2.88 bits per heavy atom. The second-order valence-electron chi connectivity index (χ2n) is 4.14. The fraction of sp³-hybridized carbons (Fsp3) is 0.333. The molecule has 0 fully saturated rings. The average Bonchev–Trinajstić information content (AvgIpc) is 2.53. The summed E-state index contributed by atoms with van der Waals surface area (Å²) in [6, 6.07) is 5.18. The Morgan fingerprint density at radius 1 is 1.44 bits per heavy atom. The van der Waals surface area contributed by atoms with Crippen molar-refractivity contribution >= 4 is 26.8 Å². The number of nitrogens with one attached hydrogen (secondary N) is 2. The molecule has 16 heavy (non-hydrogen) atoms. The van der Waals surface area contributed by atoms with Crippen molar-refractivity contribution in [3.63, 3.8) is 0 Å². The van der Waals surface area contributed by atoms with Gasteiger partial charge in [-0.05, 0) is 34.1 Å². The lowest BCUT2D eigenvalue weighted by Gasteiger charge is -2.06. The van der Waals surface area contributed by atoms with E-state index < -0.39 is 0 Å². The van der Waals surface area contributed by atoms with Gasteiger partial charge >= 0.3 is 0 Å². The Morgan fingerprint density at radius 2 is 2.19 bits per heavy atom. The Labute approximate surface area is 102 Å². The number of H-pyrrole nitrogens is 1. The molecular formula is C12H14BrFN2. The molecule has 0 amide bonds. The third kappa shape index (κ3) is 2.28. The van der Waals surface area contributed by atoms with Crippen molar-refractivity contribution in [1.29, 1.82) is 0 Å². The second kappa shape index (κ2) is 4.55. The second-order valence-corrected chi connectivity index (χ2v) is 4.94. The van der Waals surface area contributed by atoms with Gasteiger partial charge in [0.1, 0.15) is 5.82 Å². The fourth-order valence-corrected chi connectivity index (χ4v) is 2.18. The fourth-order valence-electron chi connectivity index (χ4n) is 1.62. The normalized spacial score (nSPS) is 11.6. The van der Waals surface area contributed by atoms with Crippen LogP contribution in [0, 0.1) is 5.82 Å². The minimum absolute atomic E-state index is 0.212. The molecule has 0 atom stereocenters. The van der Waals surface area contributed by atoms with Crippen LogP contribution in [0.15, 0.2) is 22.7 Å². The zero-order valence-corrected chi connectivity index (χ0v) is 10.9. The highest BCUT2D eigenvalue weighted by atomic mass is 79.9. The van der Waals surface area contributed by atoms with Crippen molar-refractivity contribution in [2.45, 2.75) is 26.4 Å². The molecule has 4 heteroatoms. The van der Waals surface area contributed by atoms with E-state index in [2.05, 4.69) is 40.1 Å². The van der Waals surface area contributed by atoms with Gasteiger partial charge in [0.25, 0.3) is 0 Å². The maximum atomic E-state index is 13.1. The molecule has 0 saturated carbocycles. The molecule has 1 aromatic carbocycles. The summed E-state index contributed by atoms with van der Waals surface area (Å²) in [5.41, 5.74) is 2.00. The van der Waals surface area contributed by atoms with E-state index in [9.17, 15) is 4.39 Å². The highest BCUT2D eigenvalue weighted by Crippen LogP contribution is 2.28. The van der Waals surface area contributed by atoms with Crippen LogP contribution in [0.25, 0.3) is 10.9 Å². The predicted molar refractivity (Wildman–Crippen MR) is 67.9 cm³/mol. The van der Waals surface area contributed by atoms with Gasteiger partial charge in [-0.2, -0.15) is 0 Å². The van der Waals surface area contributed by atoms with Crippen molar-refractivity contribution in [3.8, 4) is 0 Å². The van der Waals surface area contributed by atoms with Crippen molar-refractivity contribution in [2.75, 3.05) is 0 Å². The topological polar surface area (TPSA) is 27.8 Å². The molecule has 0 spiro atoms. The molecular weight excluding hydrogens is 271 g/mol. The lowest BCUT2D eigenvalue weighted by molar-refractivity contribution is 0.582. The van der Waals surface area contributed by atoms with E-state index in [-0.39, 0.29) is 5.82 Å². The van der Waals surface area contributed by atoms with Gasteiger partial charge in [0, 0.05) is 33.7 Å². The highest BCUT2D eigenvalue weighted by Gasteiger charge is 2.09. The molecule has 86 valence electrons. The zero-order chi connectivity index (χ0) is 11.7. The molecule has 2 nitrogen and oxygen atoms in total. The summed E-state index contributed by atoms with van der Waals surface area (Å²) >= 11 is 3.50. The highest BCUT2D eigenvalue weighted by molar-refractivity contribution is 9.10. The SMILES string of the molecule is CC(C)NCc1[nH]c2ccc(F)cc2c1Br. The quantitative estimate of drug-likeness (QED) is 0.886.